The molecule has 1 aromatic carbocycles. The van der Waals surface area contributed by atoms with Crippen LogP contribution in [-0.2, 0) is 16.1 Å². The Morgan fingerprint density at radius 1 is 1.35 bits per heavy atom. The molecule has 0 N–H and O–H groups in total. The van der Waals surface area contributed by atoms with Crippen molar-refractivity contribution in [2.45, 2.75) is 26.4 Å². The van der Waals surface area contributed by atoms with Crippen LogP contribution in [0.1, 0.15) is 18.9 Å². The van der Waals surface area contributed by atoms with Gasteiger partial charge in [0.1, 0.15) is 6.61 Å². The molecular formula is C13H14F2O2. The van der Waals surface area contributed by atoms with Crippen molar-refractivity contribution in [1.82, 2.24) is 0 Å². The molecule has 0 fully saturated rings. The molecule has 1 aromatic rings. The van der Waals surface area contributed by atoms with E-state index < -0.39 is 12.4 Å². The van der Waals surface area contributed by atoms with Gasteiger partial charge in [0.15, 0.2) is 0 Å². The summed E-state index contributed by atoms with van der Waals surface area (Å²) in [4.78, 5) is 11.3. The lowest BCUT2D eigenvalue weighted by Crippen LogP contribution is -2.05. The summed E-state index contributed by atoms with van der Waals surface area (Å²) < 4.78 is 29.6. The smallest absolute Gasteiger partial charge is 0.331 e. The lowest BCUT2D eigenvalue weighted by atomic mass is 10.2. The van der Waals surface area contributed by atoms with Gasteiger partial charge in [-0.05, 0) is 12.0 Å². The topological polar surface area (TPSA) is 26.3 Å². The van der Waals surface area contributed by atoms with Gasteiger partial charge in [0, 0.05) is 11.6 Å². The van der Waals surface area contributed by atoms with Gasteiger partial charge in [-0.15, -0.1) is 0 Å². The summed E-state index contributed by atoms with van der Waals surface area (Å²) in [5.74, 6) is -0.731. The van der Waals surface area contributed by atoms with E-state index in [0.29, 0.717) is 0 Å². The number of benzene rings is 1. The zero-order chi connectivity index (χ0) is 12.7. The van der Waals surface area contributed by atoms with E-state index in [-0.39, 0.29) is 18.6 Å². The van der Waals surface area contributed by atoms with Gasteiger partial charge in [0.2, 0.25) is 0 Å². The highest BCUT2D eigenvalue weighted by Crippen LogP contribution is 2.12. The fourth-order valence-corrected chi connectivity index (χ4v) is 1.24. The van der Waals surface area contributed by atoms with Gasteiger partial charge in [0.05, 0.1) is 0 Å². The lowest BCUT2D eigenvalue weighted by molar-refractivity contribution is -0.139. The molecule has 0 amide bonds. The molecule has 0 atom stereocenters. The molecular weight excluding hydrogens is 226 g/mol. The van der Waals surface area contributed by atoms with Gasteiger partial charge in [-0.1, -0.05) is 37.3 Å². The Balaban J connectivity index is 2.50. The number of allylic oxidation sites excluding steroid dienone is 1. The second-order valence-electron chi connectivity index (χ2n) is 3.47. The van der Waals surface area contributed by atoms with Crippen LogP contribution in [0.3, 0.4) is 0 Å². The molecule has 0 spiro atoms. The molecule has 1 rings (SSSR count). The molecule has 2 nitrogen and oxygen atoms in total. The Morgan fingerprint density at radius 3 is 2.53 bits per heavy atom. The first-order chi connectivity index (χ1) is 8.13. The SMILES string of the molecule is CC/C(=C\C(=O)OCc1ccccc1)C(F)F. The first-order valence-corrected chi connectivity index (χ1v) is 5.32. The van der Waals surface area contributed by atoms with Crippen LogP contribution in [0.25, 0.3) is 0 Å². The summed E-state index contributed by atoms with van der Waals surface area (Å²) in [6, 6.07) is 9.07. The Kier molecular flexibility index (Phi) is 5.33. The molecule has 0 radical (unpaired) electrons. The minimum Gasteiger partial charge on any atom is -0.458 e. The van der Waals surface area contributed by atoms with E-state index >= 15 is 0 Å². The van der Waals surface area contributed by atoms with Crippen LogP contribution >= 0.6 is 0 Å². The normalized spacial score (nSPS) is 11.6. The average Bonchev–Trinajstić information content (AvgIpc) is 2.34. The minimum absolute atomic E-state index is 0.0937. The predicted molar refractivity (Wildman–Crippen MR) is 60.6 cm³/mol. The number of carbonyl (C=O) groups excluding carboxylic acids is 1. The fraction of sp³-hybridized carbons (Fsp3) is 0.308. The number of carbonyl (C=O) groups is 1. The van der Waals surface area contributed by atoms with Crippen molar-refractivity contribution in [2.75, 3.05) is 0 Å². The average molecular weight is 240 g/mol. The van der Waals surface area contributed by atoms with Crippen LogP contribution in [0.5, 0.6) is 0 Å². The van der Waals surface area contributed by atoms with Gasteiger partial charge < -0.3 is 4.74 Å². The Bertz CT molecular complexity index is 386. The number of rotatable bonds is 5. The second-order valence-corrected chi connectivity index (χ2v) is 3.47. The van der Waals surface area contributed by atoms with Crippen molar-refractivity contribution < 1.29 is 18.3 Å². The largest absolute Gasteiger partial charge is 0.458 e. The molecule has 0 aliphatic heterocycles. The number of ether oxygens (including phenoxy) is 1. The van der Waals surface area contributed by atoms with Crippen LogP contribution in [-0.4, -0.2) is 12.4 Å². The van der Waals surface area contributed by atoms with E-state index in [2.05, 4.69) is 0 Å². The third kappa shape index (κ3) is 4.76. The summed E-state index contributed by atoms with van der Waals surface area (Å²) in [6.07, 6.45) is -1.60. The number of hydrogen-bond donors (Lipinski definition) is 0. The fourth-order valence-electron chi connectivity index (χ4n) is 1.24. The van der Waals surface area contributed by atoms with Crippen molar-refractivity contribution >= 4 is 5.97 Å². The second kappa shape index (κ2) is 6.78. The Morgan fingerprint density at radius 2 is 2.00 bits per heavy atom. The molecule has 0 aromatic heterocycles. The van der Waals surface area contributed by atoms with Crippen molar-refractivity contribution in [3.63, 3.8) is 0 Å². The molecule has 0 saturated heterocycles. The maximum Gasteiger partial charge on any atom is 0.331 e. The van der Waals surface area contributed by atoms with E-state index in [9.17, 15) is 13.6 Å². The highest BCUT2D eigenvalue weighted by Gasteiger charge is 2.11. The number of hydrogen-bond acceptors (Lipinski definition) is 2. The molecule has 0 aliphatic carbocycles. The maximum atomic E-state index is 12.3. The van der Waals surface area contributed by atoms with Gasteiger partial charge >= 0.3 is 5.97 Å². The summed E-state index contributed by atoms with van der Waals surface area (Å²) in [6.45, 7) is 1.67. The van der Waals surface area contributed by atoms with Crippen molar-refractivity contribution in [1.29, 1.82) is 0 Å². The van der Waals surface area contributed by atoms with Crippen molar-refractivity contribution in [3.05, 3.63) is 47.5 Å². The van der Waals surface area contributed by atoms with Crippen LogP contribution < -0.4 is 0 Å². The quantitative estimate of drug-likeness (QED) is 0.583. The molecule has 0 heterocycles. The number of esters is 1. The third-order valence-corrected chi connectivity index (χ3v) is 2.22. The number of alkyl halides is 2. The van der Waals surface area contributed by atoms with Gasteiger partial charge in [-0.2, -0.15) is 0 Å². The standard InChI is InChI=1S/C13H14F2O2/c1-2-11(13(14)15)8-12(16)17-9-10-6-4-3-5-7-10/h3-8,13H,2,9H2,1H3/b11-8+. The highest BCUT2D eigenvalue weighted by molar-refractivity contribution is 5.82. The Labute approximate surface area is 98.9 Å². The van der Waals surface area contributed by atoms with Crippen LogP contribution in [0, 0.1) is 0 Å². The molecule has 4 heteroatoms. The van der Waals surface area contributed by atoms with Gasteiger partial charge in [-0.3, -0.25) is 0 Å². The van der Waals surface area contributed by atoms with Crippen LogP contribution in [0.2, 0.25) is 0 Å². The zero-order valence-electron chi connectivity index (χ0n) is 9.53. The van der Waals surface area contributed by atoms with E-state index in [4.69, 9.17) is 4.74 Å². The molecule has 17 heavy (non-hydrogen) atoms. The van der Waals surface area contributed by atoms with Crippen LogP contribution in [0.4, 0.5) is 8.78 Å². The highest BCUT2D eigenvalue weighted by atomic mass is 19.3. The summed E-state index contributed by atoms with van der Waals surface area (Å²) in [7, 11) is 0. The van der Waals surface area contributed by atoms with E-state index in [0.717, 1.165) is 11.6 Å². The summed E-state index contributed by atoms with van der Waals surface area (Å²) >= 11 is 0. The molecule has 92 valence electrons. The monoisotopic (exact) mass is 240 g/mol. The van der Waals surface area contributed by atoms with Gasteiger partial charge in [-0.25, -0.2) is 13.6 Å². The molecule has 0 aliphatic rings. The lowest BCUT2D eigenvalue weighted by Gasteiger charge is -2.04. The van der Waals surface area contributed by atoms with Crippen LogP contribution in [0.15, 0.2) is 42.0 Å². The van der Waals surface area contributed by atoms with Gasteiger partial charge in [0.25, 0.3) is 6.43 Å². The Hall–Kier alpha value is -1.71. The van der Waals surface area contributed by atoms with Crippen molar-refractivity contribution in [2.24, 2.45) is 0 Å². The predicted octanol–water partition coefficient (Wildman–Crippen LogP) is 3.33. The number of halogens is 2. The van der Waals surface area contributed by atoms with E-state index in [1.807, 2.05) is 18.2 Å². The minimum atomic E-state index is -2.61. The van der Waals surface area contributed by atoms with E-state index in [1.54, 1.807) is 19.1 Å². The third-order valence-electron chi connectivity index (χ3n) is 2.22. The summed E-state index contributed by atoms with van der Waals surface area (Å²) in [5.41, 5.74) is 0.618. The van der Waals surface area contributed by atoms with E-state index in [1.165, 1.54) is 0 Å². The zero-order valence-corrected chi connectivity index (χ0v) is 9.53. The van der Waals surface area contributed by atoms with Crippen molar-refractivity contribution in [3.8, 4) is 0 Å². The molecule has 0 bridgehead atoms. The molecule has 0 saturated carbocycles. The first-order valence-electron chi connectivity index (χ1n) is 5.32. The maximum absolute atomic E-state index is 12.3. The summed E-state index contributed by atoms with van der Waals surface area (Å²) in [5, 5.41) is 0. The first kappa shape index (κ1) is 13.4. The molecule has 0 unspecified atom stereocenters.